The van der Waals surface area contributed by atoms with Crippen LogP contribution in [0.5, 0.6) is 5.75 Å². The van der Waals surface area contributed by atoms with Crippen LogP contribution >= 0.6 is 23.1 Å². The molecule has 1 unspecified atom stereocenters. The van der Waals surface area contributed by atoms with E-state index < -0.39 is 0 Å². The summed E-state index contributed by atoms with van der Waals surface area (Å²) in [5, 5.41) is 6.42. The van der Waals surface area contributed by atoms with Crippen molar-refractivity contribution in [2.24, 2.45) is 0 Å². The molecule has 4 rings (SSSR count). The van der Waals surface area contributed by atoms with Gasteiger partial charge in [0.15, 0.2) is 5.78 Å². The third kappa shape index (κ3) is 5.07. The molecule has 0 saturated heterocycles. The summed E-state index contributed by atoms with van der Waals surface area (Å²) >= 11 is 3.00. The van der Waals surface area contributed by atoms with Gasteiger partial charge < -0.3 is 10.1 Å². The Morgan fingerprint density at radius 3 is 2.45 bits per heavy atom. The van der Waals surface area contributed by atoms with Gasteiger partial charge in [-0.1, -0.05) is 30.8 Å². The van der Waals surface area contributed by atoms with E-state index in [9.17, 15) is 9.59 Å². The smallest absolute Gasteiger partial charge is 0.237 e. The fourth-order valence-electron chi connectivity index (χ4n) is 3.39. The van der Waals surface area contributed by atoms with E-state index >= 15 is 0 Å². The first-order chi connectivity index (χ1) is 16.0. The van der Waals surface area contributed by atoms with Crippen molar-refractivity contribution in [1.82, 2.24) is 9.97 Å². The largest absolute Gasteiger partial charge is 0.497 e. The molecule has 0 spiro atoms. The number of ketones is 1. The number of aromatic nitrogens is 2. The lowest BCUT2D eigenvalue weighted by Gasteiger charge is -2.15. The van der Waals surface area contributed by atoms with Gasteiger partial charge in [-0.3, -0.25) is 9.59 Å². The van der Waals surface area contributed by atoms with Crippen molar-refractivity contribution in [3.63, 3.8) is 0 Å². The monoisotopic (exact) mass is 477 g/mol. The molecule has 0 saturated carbocycles. The molecule has 1 amide bonds. The highest BCUT2D eigenvalue weighted by Crippen LogP contribution is 2.40. The van der Waals surface area contributed by atoms with Crippen LogP contribution in [0.3, 0.4) is 0 Å². The van der Waals surface area contributed by atoms with Gasteiger partial charge in [0.25, 0.3) is 0 Å². The van der Waals surface area contributed by atoms with Gasteiger partial charge in [0, 0.05) is 22.2 Å². The number of anilines is 1. The predicted octanol–water partition coefficient (Wildman–Crippen LogP) is 6.08. The normalized spacial score (nSPS) is 11.8. The average Bonchev–Trinajstić information content (AvgIpc) is 3.28. The lowest BCUT2D eigenvalue weighted by Crippen LogP contribution is -2.24. The quantitative estimate of drug-likeness (QED) is 0.188. The minimum absolute atomic E-state index is 0.00827. The average molecular weight is 478 g/mol. The molecular formula is C25H23N3O3S2. The first-order valence-corrected chi connectivity index (χ1v) is 12.2. The number of carbonyl (C=O) groups is 2. The molecule has 1 N–H and O–H groups in total. The number of nitrogens with one attached hydrogen (secondary N) is 1. The second kappa shape index (κ2) is 10.1. The number of thioether (sulfide) groups is 1. The topological polar surface area (TPSA) is 81.2 Å². The minimum atomic E-state index is -0.334. The van der Waals surface area contributed by atoms with Crippen molar-refractivity contribution in [3.05, 3.63) is 65.8 Å². The molecule has 8 heteroatoms. The first kappa shape index (κ1) is 22.9. The van der Waals surface area contributed by atoms with Gasteiger partial charge in [0.2, 0.25) is 5.91 Å². The molecule has 168 valence electrons. The van der Waals surface area contributed by atoms with Crippen LogP contribution in [-0.4, -0.2) is 34.0 Å². The molecule has 2 aromatic carbocycles. The zero-order valence-corrected chi connectivity index (χ0v) is 20.1. The number of methoxy groups -OCH3 is 1. The summed E-state index contributed by atoms with van der Waals surface area (Å²) in [5.74, 6) is 0.681. The number of amides is 1. The van der Waals surface area contributed by atoms with Crippen molar-refractivity contribution in [1.29, 1.82) is 0 Å². The van der Waals surface area contributed by atoms with E-state index in [1.54, 1.807) is 49.0 Å². The van der Waals surface area contributed by atoms with E-state index in [1.165, 1.54) is 18.7 Å². The SMILES string of the molecule is CCC(Sc1ncnc2scc(-c3ccc(OC)cc3)c12)C(=O)Nc1ccc(C(C)=O)cc1. The van der Waals surface area contributed by atoms with Crippen molar-refractivity contribution >= 4 is 50.7 Å². The first-order valence-electron chi connectivity index (χ1n) is 10.4. The van der Waals surface area contributed by atoms with Crippen LogP contribution in [0.2, 0.25) is 0 Å². The van der Waals surface area contributed by atoms with Crippen LogP contribution in [0, 0.1) is 0 Å². The number of nitrogens with zero attached hydrogens (tertiary/aromatic N) is 2. The maximum absolute atomic E-state index is 13.0. The molecule has 2 heterocycles. The van der Waals surface area contributed by atoms with Crippen LogP contribution in [0.4, 0.5) is 5.69 Å². The number of hydrogen-bond donors (Lipinski definition) is 1. The van der Waals surface area contributed by atoms with Gasteiger partial charge in [0.05, 0.1) is 17.7 Å². The Bertz CT molecular complexity index is 1280. The molecule has 4 aromatic rings. The van der Waals surface area contributed by atoms with Gasteiger partial charge in [-0.15, -0.1) is 11.3 Å². The number of rotatable bonds is 8. The number of fused-ring (bicyclic) bond motifs is 1. The number of ether oxygens (including phenoxy) is 1. The summed E-state index contributed by atoms with van der Waals surface area (Å²) in [6, 6.07) is 14.8. The van der Waals surface area contributed by atoms with Crippen molar-refractivity contribution < 1.29 is 14.3 Å². The molecule has 0 aliphatic heterocycles. The Labute approximate surface area is 200 Å². The fraction of sp³-hybridized carbons (Fsp3) is 0.200. The lowest BCUT2D eigenvalue weighted by atomic mass is 10.1. The molecule has 6 nitrogen and oxygen atoms in total. The Hall–Kier alpha value is -3.23. The van der Waals surface area contributed by atoms with Gasteiger partial charge in [-0.05, 0) is 55.3 Å². The van der Waals surface area contributed by atoms with E-state index in [4.69, 9.17) is 4.74 Å². The molecule has 0 aliphatic carbocycles. The number of thiophene rings is 1. The van der Waals surface area contributed by atoms with Crippen LogP contribution in [-0.2, 0) is 4.79 Å². The molecule has 1 atom stereocenters. The fourth-order valence-corrected chi connectivity index (χ4v) is 5.40. The van der Waals surface area contributed by atoms with Gasteiger partial charge in [0.1, 0.15) is 21.9 Å². The highest BCUT2D eigenvalue weighted by molar-refractivity contribution is 8.00. The molecule has 0 fully saturated rings. The highest BCUT2D eigenvalue weighted by Gasteiger charge is 2.22. The lowest BCUT2D eigenvalue weighted by molar-refractivity contribution is -0.115. The number of carbonyl (C=O) groups excluding carboxylic acids is 2. The van der Waals surface area contributed by atoms with E-state index in [1.807, 2.05) is 31.2 Å². The van der Waals surface area contributed by atoms with E-state index in [0.717, 1.165) is 32.1 Å². The number of benzene rings is 2. The molecular weight excluding hydrogens is 454 g/mol. The minimum Gasteiger partial charge on any atom is -0.497 e. The zero-order valence-electron chi connectivity index (χ0n) is 18.5. The summed E-state index contributed by atoms with van der Waals surface area (Å²) < 4.78 is 5.27. The van der Waals surface area contributed by atoms with Crippen LogP contribution in [0.25, 0.3) is 21.3 Å². The number of hydrogen-bond acceptors (Lipinski definition) is 7. The summed E-state index contributed by atoms with van der Waals surface area (Å²) in [4.78, 5) is 34.3. The summed E-state index contributed by atoms with van der Waals surface area (Å²) in [7, 11) is 1.64. The van der Waals surface area contributed by atoms with Gasteiger partial charge in [-0.25, -0.2) is 9.97 Å². The Kier molecular flexibility index (Phi) is 7.05. The Morgan fingerprint density at radius 2 is 1.82 bits per heavy atom. The van der Waals surface area contributed by atoms with Crippen LogP contribution in [0.15, 0.2) is 65.3 Å². The highest BCUT2D eigenvalue weighted by atomic mass is 32.2. The molecule has 2 aromatic heterocycles. The maximum atomic E-state index is 13.0. The van der Waals surface area contributed by atoms with E-state index in [0.29, 0.717) is 17.7 Å². The predicted molar refractivity (Wildman–Crippen MR) is 134 cm³/mol. The zero-order chi connectivity index (χ0) is 23.4. The Morgan fingerprint density at radius 1 is 1.09 bits per heavy atom. The second-order valence-corrected chi connectivity index (χ2v) is 9.42. The van der Waals surface area contributed by atoms with Crippen molar-refractivity contribution in [3.8, 4) is 16.9 Å². The third-order valence-corrected chi connectivity index (χ3v) is 7.46. The third-order valence-electron chi connectivity index (χ3n) is 5.21. The van der Waals surface area contributed by atoms with E-state index in [2.05, 4.69) is 20.7 Å². The second-order valence-electron chi connectivity index (χ2n) is 7.37. The number of Topliss-reactive ketones (excluding diaryl/α,β-unsaturated/α-hetero) is 1. The standard InChI is InChI=1S/C25H23N3O3S2/c1-4-21(23(30)28-18-9-5-16(6-10-18)15(2)29)33-25-22-20(13-32-24(22)26-14-27-25)17-7-11-19(31-3)12-8-17/h5-14,21H,4H2,1-3H3,(H,28,30). The molecule has 33 heavy (non-hydrogen) atoms. The van der Waals surface area contributed by atoms with Gasteiger partial charge in [-0.2, -0.15) is 0 Å². The molecule has 0 aliphatic rings. The van der Waals surface area contributed by atoms with Crippen molar-refractivity contribution in [2.75, 3.05) is 12.4 Å². The summed E-state index contributed by atoms with van der Waals surface area (Å²) in [6.07, 6.45) is 2.18. The van der Waals surface area contributed by atoms with E-state index in [-0.39, 0.29) is 16.9 Å². The summed E-state index contributed by atoms with van der Waals surface area (Å²) in [6.45, 7) is 3.50. The Balaban J connectivity index is 1.59. The van der Waals surface area contributed by atoms with Crippen LogP contribution in [0.1, 0.15) is 30.6 Å². The maximum Gasteiger partial charge on any atom is 0.237 e. The van der Waals surface area contributed by atoms with Gasteiger partial charge >= 0.3 is 0 Å². The molecule has 0 radical (unpaired) electrons. The van der Waals surface area contributed by atoms with Crippen molar-refractivity contribution in [2.45, 2.75) is 30.5 Å². The molecule has 0 bridgehead atoms. The van der Waals surface area contributed by atoms with Crippen LogP contribution < -0.4 is 10.1 Å². The summed E-state index contributed by atoms with van der Waals surface area (Å²) in [5.41, 5.74) is 3.35.